The first-order valence-electron chi connectivity index (χ1n) is 40.7. The van der Waals surface area contributed by atoms with Gasteiger partial charge in [0.15, 0.2) is 12.2 Å². The summed E-state index contributed by atoms with van der Waals surface area (Å²) in [7, 11) is -9.99. The monoisotopic (exact) mass is 1520 g/mol. The summed E-state index contributed by atoms with van der Waals surface area (Å²) in [4.78, 5) is 73.1. The Morgan fingerprint density at radius 3 is 0.802 bits per heavy atom. The van der Waals surface area contributed by atoms with Crippen LogP contribution in [-0.2, 0) is 65.4 Å². The average Bonchev–Trinajstić information content (AvgIpc) is 0.919. The van der Waals surface area contributed by atoms with Crippen LogP contribution in [-0.4, -0.2) is 96.7 Å². The van der Waals surface area contributed by atoms with E-state index in [0.717, 1.165) is 199 Å². The molecule has 3 N–H and O–H groups in total. The molecule has 0 aliphatic rings. The molecule has 19 heteroatoms. The molecule has 0 saturated carbocycles. The van der Waals surface area contributed by atoms with Crippen LogP contribution in [0.4, 0.5) is 0 Å². The van der Waals surface area contributed by atoms with E-state index in [1.165, 1.54) is 32.1 Å². The van der Waals surface area contributed by atoms with Gasteiger partial charge in [0.05, 0.1) is 26.4 Å². The van der Waals surface area contributed by atoms with Crippen molar-refractivity contribution in [2.45, 2.75) is 329 Å². The molecule has 0 bridgehead atoms. The Kier molecular flexibility index (Phi) is 73.9. The van der Waals surface area contributed by atoms with Crippen molar-refractivity contribution in [1.82, 2.24) is 0 Å². The van der Waals surface area contributed by atoms with E-state index in [0.29, 0.717) is 25.7 Å². The predicted octanol–water partition coefficient (Wildman–Crippen LogP) is 24.0. The number of hydrogen-bond donors (Lipinski definition) is 3. The lowest BCUT2D eigenvalue weighted by atomic mass is 10.1. The van der Waals surface area contributed by atoms with Crippen molar-refractivity contribution in [2.24, 2.45) is 0 Å². The Balaban J connectivity index is 5.41. The smallest absolute Gasteiger partial charge is 0.462 e. The van der Waals surface area contributed by atoms with Crippen LogP contribution in [0.2, 0.25) is 0 Å². The van der Waals surface area contributed by atoms with Gasteiger partial charge in [0.25, 0.3) is 0 Å². The highest BCUT2D eigenvalue weighted by Crippen LogP contribution is 2.45. The minimum Gasteiger partial charge on any atom is -0.462 e. The average molecular weight is 1520 g/mol. The molecule has 0 aliphatic carbocycles. The zero-order valence-electron chi connectivity index (χ0n) is 66.1. The summed E-state index contributed by atoms with van der Waals surface area (Å²) >= 11 is 0. The molecule has 106 heavy (non-hydrogen) atoms. The van der Waals surface area contributed by atoms with E-state index in [-0.39, 0.29) is 25.7 Å². The highest BCUT2D eigenvalue weighted by molar-refractivity contribution is 7.47. The number of carbonyl (C=O) groups excluding carboxylic acids is 4. The molecule has 0 amide bonds. The van der Waals surface area contributed by atoms with Crippen molar-refractivity contribution in [3.05, 3.63) is 158 Å². The van der Waals surface area contributed by atoms with E-state index in [4.69, 9.17) is 37.0 Å². The lowest BCUT2D eigenvalue weighted by Gasteiger charge is -2.21. The molecule has 5 unspecified atom stereocenters. The number of carbonyl (C=O) groups is 4. The summed E-state index contributed by atoms with van der Waals surface area (Å²) in [5.74, 6) is -2.27. The third-order valence-corrected chi connectivity index (χ3v) is 18.4. The highest BCUT2D eigenvalue weighted by Gasteiger charge is 2.30. The summed E-state index contributed by atoms with van der Waals surface area (Å²) in [5.41, 5.74) is 0. The van der Waals surface area contributed by atoms with Gasteiger partial charge in [-0.15, -0.1) is 0 Å². The van der Waals surface area contributed by atoms with Gasteiger partial charge in [-0.1, -0.05) is 276 Å². The second-order valence-corrected chi connectivity index (χ2v) is 29.5. The van der Waals surface area contributed by atoms with Crippen molar-refractivity contribution >= 4 is 39.5 Å². The van der Waals surface area contributed by atoms with Gasteiger partial charge < -0.3 is 33.8 Å². The standard InChI is InChI=1S/C87H144O17P2/c1-5-9-13-17-21-25-29-32-35-38-40-43-45-48-52-55-59-63-67-71-84(89)97-77-82(103-86(91)73-69-65-61-57-51-28-24-20-16-12-8-4)79-101-105(93,94)99-75-81(88)76-100-106(95,96)102-80-83(104-87(92)74-70-66-62-58-54-50-47-42-37-34-31-27-23-19-15-11-7-3)78-98-85(90)72-68-64-60-56-53-49-46-44-41-39-36-33-30-26-22-18-14-10-6-2/h10-11,14-15,20-27,32-37,40-41,43-44,47,49-50,53,81-83,88H,5-9,12-13,16-19,28-31,38-39,42,45-46,48,51-52,54-80H2,1-4H3,(H,93,94)(H,95,96)/b14-10-,15-11-,24-20-,25-21-,26-22-,27-23-,35-32-,36-33-,37-34-,43-40-,44-41-,50-47-,53-49-. The Bertz CT molecular complexity index is 2630. The van der Waals surface area contributed by atoms with Crippen LogP contribution in [0.5, 0.6) is 0 Å². The number of phosphoric ester groups is 2. The molecule has 0 aromatic heterocycles. The second-order valence-electron chi connectivity index (χ2n) is 26.6. The fraction of sp³-hybridized carbons (Fsp3) is 0.655. The molecule has 604 valence electrons. The third kappa shape index (κ3) is 76.9. The molecule has 0 saturated heterocycles. The van der Waals surface area contributed by atoms with Crippen LogP contribution >= 0.6 is 15.6 Å². The first-order chi connectivity index (χ1) is 51.7. The SMILES string of the molecule is CC/C=C\C/C=C\C/C=C\C/C=C\C/C=C\CCCCCC(=O)OCC(COP(=O)(O)OCC(O)COP(=O)(O)OCC(COC(=O)CCCCCCCC/C=C\C/C=C\C/C=C\CCCCC)OC(=O)CCCCCCC/C=C\CCCC)OC(=O)CCCCCC/C=C\C/C=C\C/C=C\C/C=C\CC. The van der Waals surface area contributed by atoms with Crippen molar-refractivity contribution in [3.63, 3.8) is 0 Å². The minimum atomic E-state index is -5.00. The maximum atomic E-state index is 13.1. The van der Waals surface area contributed by atoms with Gasteiger partial charge in [-0.2, -0.15) is 0 Å². The first kappa shape index (κ1) is 101. The Hall–Kier alpha value is -5.32. The van der Waals surface area contributed by atoms with E-state index in [1.54, 1.807) is 0 Å². The predicted molar refractivity (Wildman–Crippen MR) is 436 cm³/mol. The van der Waals surface area contributed by atoms with Crippen LogP contribution in [0.25, 0.3) is 0 Å². The molecule has 0 aliphatic heterocycles. The topological polar surface area (TPSA) is 237 Å². The van der Waals surface area contributed by atoms with Crippen molar-refractivity contribution in [3.8, 4) is 0 Å². The van der Waals surface area contributed by atoms with E-state index in [9.17, 15) is 43.2 Å². The van der Waals surface area contributed by atoms with Crippen molar-refractivity contribution < 1.29 is 80.2 Å². The number of aliphatic hydroxyl groups excluding tert-OH is 1. The largest absolute Gasteiger partial charge is 0.472 e. The number of allylic oxidation sites excluding steroid dienone is 26. The van der Waals surface area contributed by atoms with Gasteiger partial charge in [-0.05, 0) is 167 Å². The van der Waals surface area contributed by atoms with Crippen LogP contribution < -0.4 is 0 Å². The molecular weight excluding hydrogens is 1380 g/mol. The fourth-order valence-electron chi connectivity index (χ4n) is 10.3. The van der Waals surface area contributed by atoms with Gasteiger partial charge in [0.2, 0.25) is 0 Å². The maximum absolute atomic E-state index is 13.1. The second kappa shape index (κ2) is 77.8. The highest BCUT2D eigenvalue weighted by atomic mass is 31.2. The van der Waals surface area contributed by atoms with E-state index in [2.05, 4.69) is 186 Å². The third-order valence-electron chi connectivity index (χ3n) is 16.5. The van der Waals surface area contributed by atoms with E-state index < -0.39 is 97.5 Å². The van der Waals surface area contributed by atoms with E-state index in [1.807, 2.05) is 0 Å². The number of unbranched alkanes of at least 4 members (excludes halogenated alkanes) is 23. The maximum Gasteiger partial charge on any atom is 0.472 e. The van der Waals surface area contributed by atoms with Gasteiger partial charge in [-0.25, -0.2) is 9.13 Å². The van der Waals surface area contributed by atoms with Crippen molar-refractivity contribution in [2.75, 3.05) is 39.6 Å². The number of esters is 4. The van der Waals surface area contributed by atoms with Gasteiger partial charge in [-0.3, -0.25) is 37.3 Å². The number of phosphoric acid groups is 2. The van der Waals surface area contributed by atoms with Crippen LogP contribution in [0, 0.1) is 0 Å². The van der Waals surface area contributed by atoms with Gasteiger partial charge in [0, 0.05) is 25.7 Å². The quantitative estimate of drug-likeness (QED) is 0.0169. The molecule has 17 nitrogen and oxygen atoms in total. The fourth-order valence-corrected chi connectivity index (χ4v) is 11.9. The molecule has 0 fully saturated rings. The number of ether oxygens (including phenoxy) is 4. The Morgan fingerprint density at radius 1 is 0.274 bits per heavy atom. The lowest BCUT2D eigenvalue weighted by molar-refractivity contribution is -0.161. The number of hydrogen-bond acceptors (Lipinski definition) is 15. The molecule has 0 heterocycles. The molecule has 0 radical (unpaired) electrons. The molecule has 5 atom stereocenters. The van der Waals surface area contributed by atoms with E-state index >= 15 is 0 Å². The summed E-state index contributed by atoms with van der Waals surface area (Å²) in [6, 6.07) is 0. The molecule has 0 rings (SSSR count). The molecule has 0 spiro atoms. The van der Waals surface area contributed by atoms with Crippen LogP contribution in [0.3, 0.4) is 0 Å². The molecule has 0 aromatic rings. The van der Waals surface area contributed by atoms with Crippen LogP contribution in [0.15, 0.2) is 158 Å². The summed E-state index contributed by atoms with van der Waals surface area (Å²) in [6.45, 7) is 4.49. The Morgan fingerprint density at radius 2 is 0.500 bits per heavy atom. The summed E-state index contributed by atoms with van der Waals surface area (Å²) in [6.07, 6.45) is 90.8. The summed E-state index contributed by atoms with van der Waals surface area (Å²) in [5, 5.41) is 10.6. The van der Waals surface area contributed by atoms with Crippen molar-refractivity contribution in [1.29, 1.82) is 0 Å². The Labute approximate surface area is 642 Å². The zero-order valence-corrected chi connectivity index (χ0v) is 67.8. The minimum absolute atomic E-state index is 0.0537. The number of rotatable bonds is 75. The normalized spacial score (nSPS) is 14.7. The zero-order chi connectivity index (χ0) is 77.4. The summed E-state index contributed by atoms with van der Waals surface area (Å²) < 4.78 is 68.6. The number of aliphatic hydroxyl groups is 1. The van der Waals surface area contributed by atoms with Crippen LogP contribution in [0.1, 0.15) is 310 Å². The first-order valence-corrected chi connectivity index (χ1v) is 43.7. The lowest BCUT2D eigenvalue weighted by Crippen LogP contribution is -2.30. The van der Waals surface area contributed by atoms with Gasteiger partial charge >= 0.3 is 39.5 Å². The molecule has 0 aromatic carbocycles. The molecular formula is C87H144O17P2. The van der Waals surface area contributed by atoms with Gasteiger partial charge in [0.1, 0.15) is 19.3 Å².